The third kappa shape index (κ3) is 3.91. The van der Waals surface area contributed by atoms with E-state index in [2.05, 4.69) is 33.0 Å². The van der Waals surface area contributed by atoms with E-state index in [0.29, 0.717) is 24.6 Å². The summed E-state index contributed by atoms with van der Waals surface area (Å²) in [4.78, 5) is 12.1. The van der Waals surface area contributed by atoms with Crippen LogP contribution in [0.3, 0.4) is 0 Å². The number of ether oxygens (including phenoxy) is 1. The third-order valence-corrected chi connectivity index (χ3v) is 5.44. The van der Waals surface area contributed by atoms with Crippen molar-refractivity contribution in [2.45, 2.75) is 26.1 Å². The highest BCUT2D eigenvalue weighted by Gasteiger charge is 2.37. The Kier molecular flexibility index (Phi) is 5.27. The maximum absolute atomic E-state index is 13.1. The predicted octanol–water partition coefficient (Wildman–Crippen LogP) is 3.34. The summed E-state index contributed by atoms with van der Waals surface area (Å²) < 4.78 is 45.7. The van der Waals surface area contributed by atoms with Crippen LogP contribution in [0.5, 0.6) is 5.75 Å². The number of alkyl halides is 3. The van der Waals surface area contributed by atoms with Gasteiger partial charge in [0.2, 0.25) is 0 Å². The van der Waals surface area contributed by atoms with Gasteiger partial charge in [-0.1, -0.05) is 12.1 Å². The number of hydrogen-bond acceptors (Lipinski definition) is 6. The lowest BCUT2D eigenvalue weighted by atomic mass is 10.1. The second kappa shape index (κ2) is 7.75. The summed E-state index contributed by atoms with van der Waals surface area (Å²) in [7, 11) is 1.65. The number of rotatable bonds is 4. The molecule has 0 N–H and O–H groups in total. The molecule has 3 heterocycles. The van der Waals surface area contributed by atoms with Gasteiger partial charge in [0, 0.05) is 44.0 Å². The van der Waals surface area contributed by atoms with Gasteiger partial charge < -0.3 is 9.64 Å². The second-order valence-electron chi connectivity index (χ2n) is 7.38. The van der Waals surface area contributed by atoms with Crippen molar-refractivity contribution in [3.8, 4) is 5.75 Å². The molecule has 1 saturated heterocycles. The number of aryl methyl sites for hydroxylation is 1. The fraction of sp³-hybridized carbons (Fsp3) is 0.450. The fourth-order valence-corrected chi connectivity index (χ4v) is 3.76. The Balaban J connectivity index is 1.54. The van der Waals surface area contributed by atoms with Gasteiger partial charge in [0.05, 0.1) is 7.11 Å². The number of nitrogens with zero attached hydrogens (tertiary/aromatic N) is 6. The SMILES string of the molecule is COc1cccc(C(C)N2CCN(c3cc(C)nc4nc(C(F)(F)F)nn34)CC2)c1. The first-order valence-electron chi connectivity index (χ1n) is 9.71. The van der Waals surface area contributed by atoms with E-state index in [4.69, 9.17) is 4.74 Å². The van der Waals surface area contributed by atoms with Crippen LogP contribution in [0.15, 0.2) is 30.3 Å². The summed E-state index contributed by atoms with van der Waals surface area (Å²) in [5, 5.41) is 3.67. The topological polar surface area (TPSA) is 58.8 Å². The molecule has 0 bridgehead atoms. The highest BCUT2D eigenvalue weighted by Crippen LogP contribution is 2.29. The van der Waals surface area contributed by atoms with Crippen molar-refractivity contribution in [2.75, 3.05) is 38.2 Å². The maximum Gasteiger partial charge on any atom is 0.453 e. The van der Waals surface area contributed by atoms with Gasteiger partial charge in [0.25, 0.3) is 11.6 Å². The van der Waals surface area contributed by atoms with Crippen LogP contribution >= 0.6 is 0 Å². The standard InChI is InChI=1S/C20H23F3N6O/c1-13-11-17(29-19(24-13)25-18(26-29)20(21,22)23)28-9-7-27(8-10-28)14(2)15-5-4-6-16(12-15)30-3/h4-6,11-12,14H,7-10H2,1-3H3. The number of fused-ring (bicyclic) bond motifs is 1. The zero-order chi connectivity index (χ0) is 21.5. The number of halogens is 3. The van der Waals surface area contributed by atoms with E-state index in [1.54, 1.807) is 20.1 Å². The highest BCUT2D eigenvalue weighted by molar-refractivity contribution is 5.48. The van der Waals surface area contributed by atoms with Gasteiger partial charge in [-0.3, -0.25) is 4.90 Å². The van der Waals surface area contributed by atoms with Crippen LogP contribution in [-0.4, -0.2) is 57.8 Å². The van der Waals surface area contributed by atoms with Gasteiger partial charge in [-0.25, -0.2) is 4.98 Å². The summed E-state index contributed by atoms with van der Waals surface area (Å²) in [6.07, 6.45) is -4.61. The molecule has 1 aliphatic rings. The molecule has 4 rings (SSSR count). The van der Waals surface area contributed by atoms with E-state index in [-0.39, 0.29) is 11.8 Å². The molecule has 10 heteroatoms. The van der Waals surface area contributed by atoms with Gasteiger partial charge in [-0.2, -0.15) is 22.7 Å². The minimum atomic E-state index is -4.61. The number of piperazine rings is 1. The maximum atomic E-state index is 13.1. The van der Waals surface area contributed by atoms with Crippen LogP contribution in [-0.2, 0) is 6.18 Å². The first-order chi connectivity index (χ1) is 14.3. The Bertz CT molecular complexity index is 1040. The predicted molar refractivity (Wildman–Crippen MR) is 106 cm³/mol. The van der Waals surface area contributed by atoms with Crippen molar-refractivity contribution < 1.29 is 17.9 Å². The number of benzene rings is 1. The van der Waals surface area contributed by atoms with Gasteiger partial charge in [-0.15, -0.1) is 5.10 Å². The highest BCUT2D eigenvalue weighted by atomic mass is 19.4. The van der Waals surface area contributed by atoms with Crippen molar-refractivity contribution in [2.24, 2.45) is 0 Å². The normalized spacial score (nSPS) is 16.8. The summed E-state index contributed by atoms with van der Waals surface area (Å²) in [6.45, 7) is 6.74. The first kappa shape index (κ1) is 20.4. The molecule has 1 atom stereocenters. The van der Waals surface area contributed by atoms with Crippen molar-refractivity contribution in [3.63, 3.8) is 0 Å². The molecular formula is C20H23F3N6O. The number of anilines is 1. The number of methoxy groups -OCH3 is 1. The molecule has 160 valence electrons. The Morgan fingerprint density at radius 3 is 2.47 bits per heavy atom. The van der Waals surface area contributed by atoms with Crippen LogP contribution in [0.4, 0.5) is 19.0 Å². The lowest BCUT2D eigenvalue weighted by molar-refractivity contribution is -0.144. The Morgan fingerprint density at radius 1 is 1.07 bits per heavy atom. The van der Waals surface area contributed by atoms with Gasteiger partial charge >= 0.3 is 6.18 Å². The minimum Gasteiger partial charge on any atom is -0.497 e. The molecule has 1 unspecified atom stereocenters. The molecule has 3 aromatic rings. The number of aromatic nitrogens is 4. The van der Waals surface area contributed by atoms with Crippen LogP contribution in [0.1, 0.15) is 30.0 Å². The van der Waals surface area contributed by atoms with Crippen LogP contribution < -0.4 is 9.64 Å². The molecule has 0 amide bonds. The molecule has 0 saturated carbocycles. The molecular weight excluding hydrogens is 397 g/mol. The van der Waals surface area contributed by atoms with Crippen LogP contribution in [0.25, 0.3) is 5.78 Å². The van der Waals surface area contributed by atoms with Crippen molar-refractivity contribution in [1.82, 2.24) is 24.5 Å². The monoisotopic (exact) mass is 420 g/mol. The zero-order valence-corrected chi connectivity index (χ0v) is 17.0. The average Bonchev–Trinajstić information content (AvgIpc) is 3.17. The fourth-order valence-electron chi connectivity index (χ4n) is 3.76. The molecule has 0 radical (unpaired) electrons. The van der Waals surface area contributed by atoms with Gasteiger partial charge in [-0.05, 0) is 31.5 Å². The van der Waals surface area contributed by atoms with E-state index in [1.807, 2.05) is 23.1 Å². The summed E-state index contributed by atoms with van der Waals surface area (Å²) in [5.41, 5.74) is 1.77. The lowest BCUT2D eigenvalue weighted by Crippen LogP contribution is -2.47. The summed E-state index contributed by atoms with van der Waals surface area (Å²) in [6, 6.07) is 9.94. The summed E-state index contributed by atoms with van der Waals surface area (Å²) >= 11 is 0. The van der Waals surface area contributed by atoms with E-state index in [1.165, 1.54) is 4.52 Å². The molecule has 30 heavy (non-hydrogen) atoms. The van der Waals surface area contributed by atoms with E-state index in [0.717, 1.165) is 24.4 Å². The largest absolute Gasteiger partial charge is 0.497 e. The minimum absolute atomic E-state index is 0.0375. The second-order valence-corrected chi connectivity index (χ2v) is 7.38. The van der Waals surface area contributed by atoms with Gasteiger partial charge in [0.1, 0.15) is 11.6 Å². The Morgan fingerprint density at radius 2 is 1.80 bits per heavy atom. The third-order valence-electron chi connectivity index (χ3n) is 5.44. The Labute approximate surface area is 172 Å². The zero-order valence-electron chi connectivity index (χ0n) is 17.0. The average molecular weight is 420 g/mol. The van der Waals surface area contributed by atoms with Crippen molar-refractivity contribution >= 4 is 11.6 Å². The quantitative estimate of drug-likeness (QED) is 0.645. The first-order valence-corrected chi connectivity index (χ1v) is 9.71. The molecule has 1 aromatic carbocycles. The van der Waals surface area contributed by atoms with E-state index >= 15 is 0 Å². The van der Waals surface area contributed by atoms with E-state index in [9.17, 15) is 13.2 Å². The molecule has 1 aliphatic heterocycles. The molecule has 0 aliphatic carbocycles. The Hall–Kier alpha value is -2.88. The molecule has 1 fully saturated rings. The van der Waals surface area contributed by atoms with Crippen LogP contribution in [0.2, 0.25) is 0 Å². The van der Waals surface area contributed by atoms with Crippen molar-refractivity contribution in [3.05, 3.63) is 47.4 Å². The van der Waals surface area contributed by atoms with Gasteiger partial charge in [0.15, 0.2) is 0 Å². The van der Waals surface area contributed by atoms with Crippen LogP contribution in [0, 0.1) is 6.92 Å². The molecule has 2 aromatic heterocycles. The van der Waals surface area contributed by atoms with E-state index < -0.39 is 12.0 Å². The number of hydrogen-bond donors (Lipinski definition) is 0. The lowest BCUT2D eigenvalue weighted by Gasteiger charge is -2.39. The molecule has 0 spiro atoms. The smallest absolute Gasteiger partial charge is 0.453 e. The summed E-state index contributed by atoms with van der Waals surface area (Å²) in [5.74, 6) is 0.185. The molecule has 7 nitrogen and oxygen atoms in total. The van der Waals surface area contributed by atoms with Crippen molar-refractivity contribution in [1.29, 1.82) is 0 Å².